The molecule has 0 aliphatic heterocycles. The number of Topliss-reactive ketones (excluding diaryl/α,β-unsaturated/α-hetero) is 1. The minimum Gasteiger partial charge on any atom is -0.393 e. The number of ether oxygens (including phenoxy) is 1. The van der Waals surface area contributed by atoms with Crippen molar-refractivity contribution in [3.8, 4) is 0 Å². The third-order valence-electron chi connectivity index (χ3n) is 9.16. The minimum absolute atomic E-state index is 0.0219. The lowest BCUT2D eigenvalue weighted by atomic mass is 9.46. The van der Waals surface area contributed by atoms with E-state index < -0.39 is 5.60 Å². The summed E-state index contributed by atoms with van der Waals surface area (Å²) in [6, 6.07) is 0. The van der Waals surface area contributed by atoms with Gasteiger partial charge in [-0.3, -0.25) is 4.79 Å². The summed E-state index contributed by atoms with van der Waals surface area (Å²) < 4.78 is 6.25. The Morgan fingerprint density at radius 3 is 2.62 bits per heavy atom. The van der Waals surface area contributed by atoms with E-state index in [1.807, 2.05) is 6.92 Å². The Labute approximate surface area is 158 Å². The maximum absolute atomic E-state index is 12.7. The number of hydrogen-bond acceptors (Lipinski definition) is 3. The lowest BCUT2D eigenvalue weighted by Crippen LogP contribution is -2.58. The van der Waals surface area contributed by atoms with Crippen molar-refractivity contribution < 1.29 is 14.6 Å². The van der Waals surface area contributed by atoms with Crippen molar-refractivity contribution in [1.82, 2.24) is 0 Å². The van der Waals surface area contributed by atoms with Gasteiger partial charge in [0.25, 0.3) is 0 Å². The van der Waals surface area contributed by atoms with Gasteiger partial charge in [0.05, 0.1) is 6.10 Å². The summed E-state index contributed by atoms with van der Waals surface area (Å²) in [5.41, 5.74) is 1.19. The number of hydrogen-bond donors (Lipinski definition) is 1. The maximum atomic E-state index is 12.7. The van der Waals surface area contributed by atoms with Crippen LogP contribution in [0.2, 0.25) is 0 Å². The number of rotatable bonds is 3. The number of allylic oxidation sites excluding steroid dienone is 1. The third kappa shape index (κ3) is 2.29. The van der Waals surface area contributed by atoms with Gasteiger partial charge in [-0.05, 0) is 88.4 Å². The summed E-state index contributed by atoms with van der Waals surface area (Å²) >= 11 is 0. The average molecular weight is 361 g/mol. The van der Waals surface area contributed by atoms with Crippen LogP contribution in [0.3, 0.4) is 0 Å². The van der Waals surface area contributed by atoms with Crippen LogP contribution in [-0.4, -0.2) is 29.2 Å². The first kappa shape index (κ1) is 18.7. The highest BCUT2D eigenvalue weighted by molar-refractivity contribution is 5.86. The van der Waals surface area contributed by atoms with Gasteiger partial charge in [-0.25, -0.2) is 0 Å². The fourth-order valence-corrected chi connectivity index (χ4v) is 7.80. The molecule has 0 amide bonds. The minimum atomic E-state index is -0.564. The van der Waals surface area contributed by atoms with Crippen LogP contribution in [0.4, 0.5) is 0 Å². The number of aliphatic hydroxyl groups excluding tert-OH is 1. The molecule has 0 aromatic heterocycles. The number of carbonyl (C=O) groups excluding carboxylic acids is 1. The molecule has 26 heavy (non-hydrogen) atoms. The second kappa shape index (κ2) is 6.17. The monoisotopic (exact) mass is 360 g/mol. The van der Waals surface area contributed by atoms with E-state index in [1.165, 1.54) is 12.0 Å². The SMILES string of the molecule is CCO[C@@]1(C(C)=O)CCC2C3CC=C4C[C@@H](O)CC[C@]4(C)C3CC[C@@]21C. The second-order valence-corrected chi connectivity index (χ2v) is 9.97. The van der Waals surface area contributed by atoms with Crippen LogP contribution in [0.1, 0.15) is 79.1 Å². The zero-order chi connectivity index (χ0) is 18.7. The van der Waals surface area contributed by atoms with Gasteiger partial charge in [-0.1, -0.05) is 25.5 Å². The molecule has 4 aliphatic carbocycles. The normalized spacial score (nSPS) is 50.4. The fraction of sp³-hybridized carbons (Fsp3) is 0.870. The molecule has 0 bridgehead atoms. The zero-order valence-electron chi connectivity index (χ0n) is 17.0. The fourth-order valence-electron chi connectivity index (χ4n) is 7.80. The Hall–Kier alpha value is -0.670. The molecular weight excluding hydrogens is 324 g/mol. The van der Waals surface area contributed by atoms with Crippen LogP contribution >= 0.6 is 0 Å². The molecule has 3 unspecified atom stereocenters. The van der Waals surface area contributed by atoms with Gasteiger partial charge in [0, 0.05) is 12.0 Å². The van der Waals surface area contributed by atoms with Crippen LogP contribution < -0.4 is 0 Å². The number of fused-ring (bicyclic) bond motifs is 5. The Balaban J connectivity index is 1.69. The van der Waals surface area contributed by atoms with Crippen molar-refractivity contribution in [2.45, 2.75) is 90.8 Å². The van der Waals surface area contributed by atoms with E-state index in [9.17, 15) is 9.90 Å². The summed E-state index contributed by atoms with van der Waals surface area (Å²) in [5.74, 6) is 2.19. The summed E-state index contributed by atoms with van der Waals surface area (Å²) in [6.07, 6.45) is 10.7. The highest BCUT2D eigenvalue weighted by atomic mass is 16.5. The van der Waals surface area contributed by atoms with Crippen LogP contribution in [0.15, 0.2) is 11.6 Å². The van der Waals surface area contributed by atoms with Crippen molar-refractivity contribution in [2.24, 2.45) is 28.6 Å². The number of carbonyl (C=O) groups is 1. The van der Waals surface area contributed by atoms with E-state index in [2.05, 4.69) is 19.9 Å². The smallest absolute Gasteiger partial charge is 0.162 e. The highest BCUT2D eigenvalue weighted by Crippen LogP contribution is 2.68. The van der Waals surface area contributed by atoms with E-state index in [4.69, 9.17) is 4.74 Å². The van der Waals surface area contributed by atoms with Crippen molar-refractivity contribution in [2.75, 3.05) is 6.61 Å². The quantitative estimate of drug-likeness (QED) is 0.744. The van der Waals surface area contributed by atoms with Crippen molar-refractivity contribution in [3.63, 3.8) is 0 Å². The third-order valence-corrected chi connectivity index (χ3v) is 9.16. The Bertz CT molecular complexity index is 625. The van der Waals surface area contributed by atoms with Crippen LogP contribution in [0.5, 0.6) is 0 Å². The molecule has 3 saturated carbocycles. The lowest BCUT2D eigenvalue weighted by Gasteiger charge is -2.59. The molecule has 0 aromatic rings. The van der Waals surface area contributed by atoms with Crippen molar-refractivity contribution >= 4 is 5.78 Å². The van der Waals surface area contributed by atoms with Gasteiger partial charge < -0.3 is 9.84 Å². The standard InChI is InChI=1S/C23H36O3/c1-5-26-23(15(2)24)13-10-20-18-7-6-16-14-17(25)8-11-21(16,3)19(18)9-12-22(20,23)4/h6,17-20,25H,5,7-14H2,1-4H3/t17-,18?,19?,20?,21-,22-,23+/m0/s1. The second-order valence-electron chi connectivity index (χ2n) is 9.97. The predicted octanol–water partition coefficient (Wildman–Crippen LogP) is 4.67. The highest BCUT2D eigenvalue weighted by Gasteiger charge is 2.66. The van der Waals surface area contributed by atoms with E-state index in [-0.39, 0.29) is 22.7 Å². The molecule has 146 valence electrons. The van der Waals surface area contributed by atoms with Crippen molar-refractivity contribution in [1.29, 1.82) is 0 Å². The lowest BCUT2D eigenvalue weighted by molar-refractivity contribution is -0.173. The summed E-state index contributed by atoms with van der Waals surface area (Å²) in [5, 5.41) is 10.1. The summed E-state index contributed by atoms with van der Waals surface area (Å²) in [7, 11) is 0. The zero-order valence-corrected chi connectivity index (χ0v) is 17.0. The van der Waals surface area contributed by atoms with Gasteiger partial charge in [0.15, 0.2) is 5.78 Å². The van der Waals surface area contributed by atoms with Gasteiger partial charge in [0.1, 0.15) is 5.60 Å². The molecule has 0 aromatic carbocycles. The maximum Gasteiger partial charge on any atom is 0.162 e. The van der Waals surface area contributed by atoms with Gasteiger partial charge >= 0.3 is 0 Å². The molecule has 4 aliphatic rings. The first-order valence-corrected chi connectivity index (χ1v) is 10.8. The van der Waals surface area contributed by atoms with Gasteiger partial charge in [0.2, 0.25) is 0 Å². The molecule has 3 fully saturated rings. The van der Waals surface area contributed by atoms with E-state index in [0.717, 1.165) is 44.9 Å². The van der Waals surface area contributed by atoms with E-state index in [0.29, 0.717) is 24.4 Å². The Morgan fingerprint density at radius 2 is 1.92 bits per heavy atom. The van der Waals surface area contributed by atoms with Gasteiger partial charge in [-0.15, -0.1) is 0 Å². The van der Waals surface area contributed by atoms with E-state index in [1.54, 1.807) is 6.92 Å². The van der Waals surface area contributed by atoms with Gasteiger partial charge in [-0.2, -0.15) is 0 Å². The molecule has 0 spiro atoms. The van der Waals surface area contributed by atoms with E-state index >= 15 is 0 Å². The average Bonchev–Trinajstić information content (AvgIpc) is 2.90. The van der Waals surface area contributed by atoms with Crippen LogP contribution in [0.25, 0.3) is 0 Å². The number of aliphatic hydroxyl groups is 1. The molecule has 4 rings (SSSR count). The molecule has 3 nitrogen and oxygen atoms in total. The summed E-state index contributed by atoms with van der Waals surface area (Å²) in [6.45, 7) is 9.20. The first-order chi connectivity index (χ1) is 12.3. The molecule has 0 heterocycles. The Kier molecular flexibility index (Phi) is 4.43. The molecular formula is C23H36O3. The van der Waals surface area contributed by atoms with Crippen LogP contribution in [0, 0.1) is 28.6 Å². The molecule has 0 radical (unpaired) electrons. The largest absolute Gasteiger partial charge is 0.393 e. The molecule has 3 heteroatoms. The summed E-state index contributed by atoms with van der Waals surface area (Å²) in [4.78, 5) is 12.7. The first-order valence-electron chi connectivity index (χ1n) is 10.8. The van der Waals surface area contributed by atoms with Crippen molar-refractivity contribution in [3.05, 3.63) is 11.6 Å². The number of ketones is 1. The topological polar surface area (TPSA) is 46.5 Å². The molecule has 0 saturated heterocycles. The molecule has 1 N–H and O–H groups in total. The molecule has 7 atom stereocenters. The Morgan fingerprint density at radius 1 is 1.19 bits per heavy atom. The van der Waals surface area contributed by atoms with Crippen LogP contribution in [-0.2, 0) is 9.53 Å². The predicted molar refractivity (Wildman–Crippen MR) is 103 cm³/mol.